The van der Waals surface area contributed by atoms with E-state index in [1.807, 2.05) is 0 Å². The Morgan fingerprint density at radius 3 is 2.24 bits per heavy atom. The molecule has 0 aromatic rings. The minimum Gasteiger partial charge on any atom is -0.287 e. The Labute approximate surface area is 130 Å². The fourth-order valence-electron chi connectivity index (χ4n) is 1.93. The minimum atomic E-state index is -3.47. The molecule has 0 aromatic carbocycles. The average molecular weight is 318 g/mol. The van der Waals surface area contributed by atoms with Crippen LogP contribution in [0.2, 0.25) is 0 Å². The van der Waals surface area contributed by atoms with Gasteiger partial charge in [-0.15, -0.1) is 6.58 Å². The van der Waals surface area contributed by atoms with E-state index in [-0.39, 0.29) is 19.3 Å². The van der Waals surface area contributed by atoms with Crippen molar-refractivity contribution in [2.45, 2.75) is 60.0 Å². The van der Waals surface area contributed by atoms with Gasteiger partial charge in [-0.2, -0.15) is 0 Å². The fourth-order valence-corrected chi connectivity index (χ4v) is 3.27. The molecule has 0 aromatic heterocycles. The second kappa shape index (κ2) is 11.2. The summed E-state index contributed by atoms with van der Waals surface area (Å²) in [4.78, 5) is 0. The third kappa shape index (κ3) is 10.0. The first-order valence-electron chi connectivity index (χ1n) is 7.70. The molecular weight excluding hydrogens is 287 g/mol. The highest BCUT2D eigenvalue weighted by Crippen LogP contribution is 2.51. The summed E-state index contributed by atoms with van der Waals surface area (Å²) in [5.74, 6) is 0.445. The normalized spacial score (nSPS) is 14.5. The van der Waals surface area contributed by atoms with Crippen molar-refractivity contribution in [3.05, 3.63) is 24.3 Å². The van der Waals surface area contributed by atoms with Gasteiger partial charge in [0.15, 0.2) is 0 Å². The van der Waals surface area contributed by atoms with E-state index in [0.717, 1.165) is 19.3 Å². The van der Waals surface area contributed by atoms with Crippen molar-refractivity contribution in [3.63, 3.8) is 0 Å². The molecule has 4 nitrogen and oxygen atoms in total. The highest BCUT2D eigenvalue weighted by molar-refractivity contribution is 7.48. The van der Waals surface area contributed by atoms with Crippen molar-refractivity contribution < 1.29 is 18.1 Å². The molecule has 0 aliphatic rings. The smallest absolute Gasteiger partial charge is 0.287 e. The van der Waals surface area contributed by atoms with Crippen LogP contribution in [0.3, 0.4) is 0 Å². The molecule has 0 aliphatic heterocycles. The summed E-state index contributed by atoms with van der Waals surface area (Å²) in [6.07, 6.45) is 6.43. The molecule has 124 valence electrons. The average Bonchev–Trinajstić information content (AvgIpc) is 2.37. The third-order valence-corrected chi connectivity index (χ3v) is 4.63. The lowest BCUT2D eigenvalue weighted by Crippen LogP contribution is -2.14. The standard InChI is InChI=1S/C16H31O4P/c1-7-16(13-15(6)12-10-11-14(4)5)20-21(17,18-8-2)19-9-3/h7,11,15-16H,1,8-10,12-13H2,2-6H3/t15-,16-/m0/s1. The molecule has 0 saturated carbocycles. The van der Waals surface area contributed by atoms with Gasteiger partial charge in [0.25, 0.3) is 0 Å². The molecule has 5 heteroatoms. The van der Waals surface area contributed by atoms with Crippen molar-refractivity contribution >= 4 is 7.82 Å². The SMILES string of the molecule is C=C[C@@H](C[C@@H](C)CCC=C(C)C)OP(=O)(OCC)OCC. The first-order chi connectivity index (χ1) is 9.86. The van der Waals surface area contributed by atoms with Crippen LogP contribution in [0.25, 0.3) is 0 Å². The first kappa shape index (κ1) is 20.6. The van der Waals surface area contributed by atoms with E-state index in [1.54, 1.807) is 19.9 Å². The molecule has 0 heterocycles. The Morgan fingerprint density at radius 1 is 1.24 bits per heavy atom. The number of allylic oxidation sites excluding steroid dienone is 2. The van der Waals surface area contributed by atoms with Crippen LogP contribution in [0, 0.1) is 5.92 Å². The molecule has 0 unspecified atom stereocenters. The van der Waals surface area contributed by atoms with Gasteiger partial charge >= 0.3 is 7.82 Å². The van der Waals surface area contributed by atoms with Crippen LogP contribution in [0.1, 0.15) is 53.9 Å². The molecule has 0 amide bonds. The maximum atomic E-state index is 12.3. The predicted octanol–water partition coefficient (Wildman–Crippen LogP) is 5.51. The van der Waals surface area contributed by atoms with Gasteiger partial charge in [0, 0.05) is 0 Å². The van der Waals surface area contributed by atoms with E-state index in [0.29, 0.717) is 5.92 Å². The number of phosphoric ester groups is 1. The van der Waals surface area contributed by atoms with Gasteiger partial charge in [-0.25, -0.2) is 4.57 Å². The Bertz CT molecular complexity index is 351. The topological polar surface area (TPSA) is 44.8 Å². The van der Waals surface area contributed by atoms with Crippen LogP contribution in [0.4, 0.5) is 0 Å². The minimum absolute atomic E-state index is 0.289. The molecule has 0 spiro atoms. The van der Waals surface area contributed by atoms with Crippen molar-refractivity contribution in [3.8, 4) is 0 Å². The number of rotatable bonds is 12. The zero-order valence-electron chi connectivity index (χ0n) is 14.1. The van der Waals surface area contributed by atoms with Gasteiger partial charge in [-0.3, -0.25) is 13.6 Å². The maximum absolute atomic E-state index is 12.3. The quantitative estimate of drug-likeness (QED) is 0.351. The van der Waals surface area contributed by atoms with Crippen molar-refractivity contribution in [2.75, 3.05) is 13.2 Å². The third-order valence-electron chi connectivity index (χ3n) is 2.95. The van der Waals surface area contributed by atoms with Gasteiger partial charge in [-0.05, 0) is 52.9 Å². The largest absolute Gasteiger partial charge is 0.475 e. The van der Waals surface area contributed by atoms with Crippen molar-refractivity contribution in [1.82, 2.24) is 0 Å². The van der Waals surface area contributed by atoms with Crippen LogP contribution in [-0.4, -0.2) is 19.3 Å². The lowest BCUT2D eigenvalue weighted by atomic mass is 9.98. The van der Waals surface area contributed by atoms with E-state index in [9.17, 15) is 4.57 Å². The van der Waals surface area contributed by atoms with Gasteiger partial charge in [0.05, 0.1) is 19.3 Å². The van der Waals surface area contributed by atoms with Crippen LogP contribution in [-0.2, 0) is 18.1 Å². The van der Waals surface area contributed by atoms with E-state index in [2.05, 4.69) is 33.4 Å². The Balaban J connectivity index is 4.45. The Hall–Kier alpha value is -0.410. The van der Waals surface area contributed by atoms with E-state index < -0.39 is 7.82 Å². The summed E-state index contributed by atoms with van der Waals surface area (Å²) < 4.78 is 28.2. The molecule has 0 N–H and O–H groups in total. The lowest BCUT2D eigenvalue weighted by Gasteiger charge is -2.23. The zero-order chi connectivity index (χ0) is 16.3. The summed E-state index contributed by atoms with van der Waals surface area (Å²) in [6.45, 7) is 14.2. The second-order valence-electron chi connectivity index (χ2n) is 5.36. The van der Waals surface area contributed by atoms with Crippen LogP contribution in [0.15, 0.2) is 24.3 Å². The van der Waals surface area contributed by atoms with Crippen molar-refractivity contribution in [1.29, 1.82) is 0 Å². The van der Waals surface area contributed by atoms with Gasteiger partial charge in [-0.1, -0.05) is 24.6 Å². The van der Waals surface area contributed by atoms with Gasteiger partial charge in [0.1, 0.15) is 0 Å². The summed E-state index contributed by atoms with van der Waals surface area (Å²) in [7, 11) is -3.47. The monoisotopic (exact) mass is 318 g/mol. The van der Waals surface area contributed by atoms with Crippen molar-refractivity contribution in [2.24, 2.45) is 5.92 Å². The lowest BCUT2D eigenvalue weighted by molar-refractivity contribution is 0.0917. The summed E-state index contributed by atoms with van der Waals surface area (Å²) in [5, 5.41) is 0. The molecule has 0 saturated heterocycles. The van der Waals surface area contributed by atoms with Crippen LogP contribution in [0.5, 0.6) is 0 Å². The number of hydrogen-bond donors (Lipinski definition) is 0. The highest BCUT2D eigenvalue weighted by atomic mass is 31.2. The predicted molar refractivity (Wildman–Crippen MR) is 88.4 cm³/mol. The molecule has 2 atom stereocenters. The molecule has 0 rings (SSSR count). The summed E-state index contributed by atoms with van der Waals surface area (Å²) in [5.41, 5.74) is 1.33. The van der Waals surface area contributed by atoms with E-state index in [4.69, 9.17) is 13.6 Å². The number of hydrogen-bond acceptors (Lipinski definition) is 4. The maximum Gasteiger partial charge on any atom is 0.475 e. The van der Waals surface area contributed by atoms with E-state index in [1.165, 1.54) is 5.57 Å². The second-order valence-corrected chi connectivity index (χ2v) is 6.98. The molecule has 0 radical (unpaired) electrons. The summed E-state index contributed by atoms with van der Waals surface area (Å²) >= 11 is 0. The summed E-state index contributed by atoms with van der Waals surface area (Å²) in [6, 6.07) is 0. The van der Waals surface area contributed by atoms with Crippen LogP contribution >= 0.6 is 7.82 Å². The molecule has 0 bridgehead atoms. The molecule has 21 heavy (non-hydrogen) atoms. The van der Waals surface area contributed by atoms with Gasteiger partial charge < -0.3 is 0 Å². The van der Waals surface area contributed by atoms with Gasteiger partial charge in [0.2, 0.25) is 0 Å². The fraction of sp³-hybridized carbons (Fsp3) is 0.750. The van der Waals surface area contributed by atoms with Crippen LogP contribution < -0.4 is 0 Å². The number of phosphoric acid groups is 1. The first-order valence-corrected chi connectivity index (χ1v) is 9.16. The van der Waals surface area contributed by atoms with E-state index >= 15 is 0 Å². The molecule has 0 aliphatic carbocycles. The Morgan fingerprint density at radius 2 is 1.81 bits per heavy atom. The Kier molecular flexibility index (Phi) is 11.0. The highest BCUT2D eigenvalue weighted by Gasteiger charge is 2.29. The molecule has 0 fully saturated rings. The molecular formula is C16H31O4P. The zero-order valence-corrected chi connectivity index (χ0v) is 15.0.